The Morgan fingerprint density at radius 3 is 2.65 bits per heavy atom. The van der Waals surface area contributed by atoms with Crippen LogP contribution in [0.4, 0.5) is 11.4 Å². The van der Waals surface area contributed by atoms with Crippen molar-refractivity contribution in [2.75, 3.05) is 18.5 Å². The molecule has 2 aromatic rings. The molecule has 1 fully saturated rings. The first kappa shape index (κ1) is 16.0. The van der Waals surface area contributed by atoms with Crippen molar-refractivity contribution < 1.29 is 9.53 Å². The second kappa shape index (κ2) is 7.57. The molecule has 3 rings (SSSR count). The second-order valence-corrected chi connectivity index (χ2v) is 6.32. The lowest BCUT2D eigenvalue weighted by Crippen LogP contribution is -2.32. The number of ether oxygens (including phenoxy) is 1. The fourth-order valence-corrected chi connectivity index (χ4v) is 2.67. The number of aromatic nitrogens is 1. The quantitative estimate of drug-likeness (QED) is 0.839. The van der Waals surface area contributed by atoms with E-state index in [1.165, 1.54) is 0 Å². The number of amides is 1. The smallest absolute Gasteiger partial charge is 0.269 e. The van der Waals surface area contributed by atoms with E-state index in [2.05, 4.69) is 31.5 Å². The van der Waals surface area contributed by atoms with Gasteiger partial charge < -0.3 is 15.4 Å². The van der Waals surface area contributed by atoms with Crippen molar-refractivity contribution in [3.05, 3.63) is 52.8 Å². The molecule has 120 valence electrons. The van der Waals surface area contributed by atoms with Crippen molar-refractivity contribution in [3.8, 4) is 0 Å². The molecule has 23 heavy (non-hydrogen) atoms. The highest BCUT2D eigenvalue weighted by atomic mass is 79.9. The third-order valence-corrected chi connectivity index (χ3v) is 4.17. The topological polar surface area (TPSA) is 63.2 Å². The van der Waals surface area contributed by atoms with Crippen LogP contribution in [0.3, 0.4) is 0 Å². The van der Waals surface area contributed by atoms with Crippen LogP contribution in [0.25, 0.3) is 0 Å². The van der Waals surface area contributed by atoms with Gasteiger partial charge in [0.25, 0.3) is 5.91 Å². The van der Waals surface area contributed by atoms with Gasteiger partial charge in [-0.05, 0) is 49.2 Å². The first-order valence-electron chi connectivity index (χ1n) is 7.59. The Kier molecular flexibility index (Phi) is 5.25. The Balaban J connectivity index is 1.55. The van der Waals surface area contributed by atoms with Crippen LogP contribution in [0.15, 0.2) is 47.1 Å². The molecule has 5 nitrogen and oxygen atoms in total. The maximum Gasteiger partial charge on any atom is 0.269 e. The standard InChI is InChI=1S/C17H18BrN3O2/c18-12-3-5-13(6-4-12)21-14-7-8-16(19-10-14)17(22)20-11-15-2-1-9-23-15/h3-8,10,15,21H,1-2,9,11H2,(H,20,22). The number of halogens is 1. The number of nitrogens with zero attached hydrogens (tertiary/aromatic N) is 1. The van der Waals surface area contributed by atoms with E-state index in [9.17, 15) is 4.79 Å². The first-order chi connectivity index (χ1) is 11.2. The summed E-state index contributed by atoms with van der Waals surface area (Å²) in [7, 11) is 0. The molecule has 1 atom stereocenters. The minimum Gasteiger partial charge on any atom is -0.376 e. The largest absolute Gasteiger partial charge is 0.376 e. The second-order valence-electron chi connectivity index (χ2n) is 5.41. The van der Waals surface area contributed by atoms with Crippen molar-refractivity contribution in [2.45, 2.75) is 18.9 Å². The van der Waals surface area contributed by atoms with E-state index in [0.717, 1.165) is 35.3 Å². The van der Waals surface area contributed by atoms with Crippen LogP contribution in [0.5, 0.6) is 0 Å². The molecule has 6 heteroatoms. The maximum atomic E-state index is 12.1. The fraction of sp³-hybridized carbons (Fsp3) is 0.294. The highest BCUT2D eigenvalue weighted by Crippen LogP contribution is 2.18. The van der Waals surface area contributed by atoms with Crippen LogP contribution in [0, 0.1) is 0 Å². The molecule has 1 aromatic heterocycles. The van der Waals surface area contributed by atoms with Crippen LogP contribution in [-0.4, -0.2) is 30.1 Å². The minimum atomic E-state index is -0.171. The van der Waals surface area contributed by atoms with Gasteiger partial charge in [-0.1, -0.05) is 15.9 Å². The molecule has 1 aliphatic rings. The molecule has 2 N–H and O–H groups in total. The molecular formula is C17H18BrN3O2. The number of carbonyl (C=O) groups excluding carboxylic acids is 1. The highest BCUT2D eigenvalue weighted by molar-refractivity contribution is 9.10. The van der Waals surface area contributed by atoms with Crippen molar-refractivity contribution in [2.24, 2.45) is 0 Å². The summed E-state index contributed by atoms with van der Waals surface area (Å²) >= 11 is 3.40. The fourth-order valence-electron chi connectivity index (χ4n) is 2.40. The summed E-state index contributed by atoms with van der Waals surface area (Å²) in [5.41, 5.74) is 2.21. The number of pyridine rings is 1. The van der Waals surface area contributed by atoms with Crippen LogP contribution >= 0.6 is 15.9 Å². The van der Waals surface area contributed by atoms with Crippen LogP contribution in [0.2, 0.25) is 0 Å². The van der Waals surface area contributed by atoms with Crippen molar-refractivity contribution in [3.63, 3.8) is 0 Å². The van der Waals surface area contributed by atoms with Gasteiger partial charge in [0.2, 0.25) is 0 Å². The van der Waals surface area contributed by atoms with E-state index in [4.69, 9.17) is 4.74 Å². The Morgan fingerprint density at radius 1 is 1.22 bits per heavy atom. The molecular weight excluding hydrogens is 358 g/mol. The number of nitrogens with one attached hydrogen (secondary N) is 2. The summed E-state index contributed by atoms with van der Waals surface area (Å²) in [4.78, 5) is 16.3. The molecule has 0 radical (unpaired) electrons. The third kappa shape index (κ3) is 4.53. The van der Waals surface area contributed by atoms with Gasteiger partial charge in [0.05, 0.1) is 18.0 Å². The van der Waals surface area contributed by atoms with E-state index in [1.54, 1.807) is 12.3 Å². The zero-order valence-electron chi connectivity index (χ0n) is 12.6. The Bertz CT molecular complexity index is 653. The number of anilines is 2. The van der Waals surface area contributed by atoms with Crippen molar-refractivity contribution >= 4 is 33.2 Å². The molecule has 1 saturated heterocycles. The van der Waals surface area contributed by atoms with Gasteiger partial charge in [0.1, 0.15) is 5.69 Å². The number of benzene rings is 1. The average molecular weight is 376 g/mol. The molecule has 2 heterocycles. The lowest BCUT2D eigenvalue weighted by atomic mass is 10.2. The Labute approximate surface area is 143 Å². The first-order valence-corrected chi connectivity index (χ1v) is 8.38. The predicted molar refractivity (Wildman–Crippen MR) is 93.0 cm³/mol. The van der Waals surface area contributed by atoms with Gasteiger partial charge in [0, 0.05) is 23.3 Å². The summed E-state index contributed by atoms with van der Waals surface area (Å²) in [6.45, 7) is 1.33. The molecule has 0 saturated carbocycles. The van der Waals surface area contributed by atoms with Crippen molar-refractivity contribution in [1.82, 2.24) is 10.3 Å². The number of carbonyl (C=O) groups is 1. The lowest BCUT2D eigenvalue weighted by Gasteiger charge is -2.11. The maximum absolute atomic E-state index is 12.1. The number of hydrogen-bond donors (Lipinski definition) is 2. The van der Waals surface area contributed by atoms with Gasteiger partial charge in [-0.2, -0.15) is 0 Å². The Morgan fingerprint density at radius 2 is 2.00 bits per heavy atom. The van der Waals surface area contributed by atoms with Gasteiger partial charge in [-0.3, -0.25) is 4.79 Å². The SMILES string of the molecule is O=C(NCC1CCCO1)c1ccc(Nc2ccc(Br)cc2)cn1. The monoisotopic (exact) mass is 375 g/mol. The van der Waals surface area contributed by atoms with E-state index in [0.29, 0.717) is 12.2 Å². The summed E-state index contributed by atoms with van der Waals surface area (Å²) < 4.78 is 6.51. The minimum absolute atomic E-state index is 0.136. The van der Waals surface area contributed by atoms with E-state index in [1.807, 2.05) is 30.3 Å². The molecule has 0 bridgehead atoms. The molecule has 1 unspecified atom stereocenters. The van der Waals surface area contributed by atoms with Gasteiger partial charge in [-0.15, -0.1) is 0 Å². The van der Waals surface area contributed by atoms with Crippen LogP contribution < -0.4 is 10.6 Å². The van der Waals surface area contributed by atoms with E-state index in [-0.39, 0.29) is 12.0 Å². The normalized spacial score (nSPS) is 17.0. The average Bonchev–Trinajstić information content (AvgIpc) is 3.09. The summed E-state index contributed by atoms with van der Waals surface area (Å²) in [6.07, 6.45) is 3.86. The van der Waals surface area contributed by atoms with Crippen LogP contribution in [0.1, 0.15) is 23.3 Å². The highest BCUT2D eigenvalue weighted by Gasteiger charge is 2.17. The molecule has 0 spiro atoms. The lowest BCUT2D eigenvalue weighted by molar-refractivity contribution is 0.0854. The van der Waals surface area contributed by atoms with Crippen molar-refractivity contribution in [1.29, 1.82) is 0 Å². The Hall–Kier alpha value is -1.92. The number of hydrogen-bond acceptors (Lipinski definition) is 4. The summed E-state index contributed by atoms with van der Waals surface area (Å²) in [5, 5.41) is 6.10. The number of rotatable bonds is 5. The van der Waals surface area contributed by atoms with Gasteiger partial charge in [-0.25, -0.2) is 4.98 Å². The van der Waals surface area contributed by atoms with E-state index >= 15 is 0 Å². The zero-order valence-corrected chi connectivity index (χ0v) is 14.2. The van der Waals surface area contributed by atoms with Crippen LogP contribution in [-0.2, 0) is 4.74 Å². The van der Waals surface area contributed by atoms with E-state index < -0.39 is 0 Å². The summed E-state index contributed by atoms with van der Waals surface area (Å²) in [6, 6.07) is 11.4. The molecule has 1 amide bonds. The zero-order chi connectivity index (χ0) is 16.1. The summed E-state index contributed by atoms with van der Waals surface area (Å²) in [5.74, 6) is -0.171. The van der Waals surface area contributed by atoms with Gasteiger partial charge >= 0.3 is 0 Å². The third-order valence-electron chi connectivity index (χ3n) is 3.64. The predicted octanol–water partition coefficient (Wildman–Crippen LogP) is 3.50. The molecule has 0 aliphatic carbocycles. The molecule has 1 aliphatic heterocycles. The van der Waals surface area contributed by atoms with Gasteiger partial charge in [0.15, 0.2) is 0 Å². The molecule has 1 aromatic carbocycles.